The molecule has 0 unspecified atom stereocenters. The molecule has 2 fully saturated rings. The second-order valence-electron chi connectivity index (χ2n) is 12.3. The largest absolute Gasteiger partial charge is 0.508 e. The Labute approximate surface area is 269 Å². The van der Waals surface area contributed by atoms with Crippen LogP contribution < -0.4 is 9.64 Å². The molecule has 2 N–H and O–H groups in total. The third-order valence-electron chi connectivity index (χ3n) is 9.38. The lowest BCUT2D eigenvalue weighted by Gasteiger charge is -2.31. The van der Waals surface area contributed by atoms with Crippen molar-refractivity contribution < 1.29 is 33.3 Å². The highest BCUT2D eigenvalue weighted by Crippen LogP contribution is 2.42. The van der Waals surface area contributed by atoms with Crippen LogP contribution in [0.3, 0.4) is 0 Å². The summed E-state index contributed by atoms with van der Waals surface area (Å²) in [5.41, 5.74) is -0.495. The highest BCUT2D eigenvalue weighted by Gasteiger charge is 2.49. The maximum Gasteiger partial charge on any atom is 0.329 e. The summed E-state index contributed by atoms with van der Waals surface area (Å²) in [4.78, 5) is 29.2. The van der Waals surface area contributed by atoms with Crippen LogP contribution >= 0.6 is 0 Å². The number of benzene rings is 2. The standard InChI is InChI=1S/C35H33F2N5O5/c1-2-24-27(36)9-8-21-14-22(43)15-25(29(21)24)31-30(37)32-26(17-38-31)33(41-11-5-3-4-6-12-41)40-34(39-32)47-20-35-10-7-13-42(35)18-23(16-35)46-19-28(44)45/h1,3-4,8-9,14-15,17,23,43H,5-7,10-13,16,18-20H2,(H,44,45)/t23-,35+/m1/s1. The van der Waals surface area contributed by atoms with Gasteiger partial charge >= 0.3 is 12.0 Å². The highest BCUT2D eigenvalue weighted by molar-refractivity contribution is 6.03. The third kappa shape index (κ3) is 5.70. The number of ether oxygens (including phenoxy) is 2. The first-order valence-electron chi connectivity index (χ1n) is 15.7. The van der Waals surface area contributed by atoms with Gasteiger partial charge in [0, 0.05) is 36.8 Å². The zero-order valence-electron chi connectivity index (χ0n) is 25.6. The van der Waals surface area contributed by atoms with Crippen molar-refractivity contribution in [3.05, 3.63) is 59.8 Å². The van der Waals surface area contributed by atoms with Crippen molar-refractivity contribution in [2.24, 2.45) is 0 Å². The number of aromatic hydroxyl groups is 1. The molecule has 0 bridgehead atoms. The predicted octanol–water partition coefficient (Wildman–Crippen LogP) is 5.05. The first-order valence-corrected chi connectivity index (χ1v) is 15.7. The molecule has 3 aliphatic rings. The molecular weight excluding hydrogens is 608 g/mol. The van der Waals surface area contributed by atoms with Gasteiger partial charge in [0.15, 0.2) is 5.82 Å². The van der Waals surface area contributed by atoms with Gasteiger partial charge in [-0.3, -0.25) is 9.88 Å². The maximum atomic E-state index is 16.8. The molecule has 0 radical (unpaired) electrons. The number of hydrogen-bond donors (Lipinski definition) is 2. The molecule has 47 heavy (non-hydrogen) atoms. The number of carboxylic acid groups (broad SMARTS) is 1. The van der Waals surface area contributed by atoms with Crippen LogP contribution in [0.5, 0.6) is 11.8 Å². The topological polar surface area (TPSA) is 121 Å². The minimum atomic E-state index is -1.02. The fourth-order valence-corrected chi connectivity index (χ4v) is 7.25. The Kier molecular flexibility index (Phi) is 8.11. The number of terminal acetylenes is 1. The van der Waals surface area contributed by atoms with E-state index < -0.39 is 17.6 Å². The van der Waals surface area contributed by atoms with E-state index >= 15 is 4.39 Å². The Morgan fingerprint density at radius 3 is 2.72 bits per heavy atom. The Balaban J connectivity index is 1.31. The summed E-state index contributed by atoms with van der Waals surface area (Å²) in [6, 6.07) is 5.42. The number of rotatable bonds is 8. The second-order valence-corrected chi connectivity index (χ2v) is 12.3. The van der Waals surface area contributed by atoms with Crippen molar-refractivity contribution in [2.75, 3.05) is 44.3 Å². The van der Waals surface area contributed by atoms with Crippen LogP contribution in [-0.4, -0.2) is 87.1 Å². The Hall–Kier alpha value is -4.86. The van der Waals surface area contributed by atoms with E-state index in [0.29, 0.717) is 42.6 Å². The molecule has 2 atom stereocenters. The quantitative estimate of drug-likeness (QED) is 0.200. The van der Waals surface area contributed by atoms with Crippen LogP contribution in [-0.2, 0) is 9.53 Å². The van der Waals surface area contributed by atoms with E-state index in [4.69, 9.17) is 26.0 Å². The van der Waals surface area contributed by atoms with Crippen LogP contribution in [0.1, 0.15) is 37.7 Å². The Morgan fingerprint density at radius 2 is 1.96 bits per heavy atom. The number of phenolic OH excluding ortho intramolecular Hbond substituents is 1. The molecule has 0 spiro atoms. The van der Waals surface area contributed by atoms with Crippen molar-refractivity contribution >= 4 is 33.5 Å². The van der Waals surface area contributed by atoms with Gasteiger partial charge in [-0.15, -0.1) is 6.42 Å². The van der Waals surface area contributed by atoms with Gasteiger partial charge in [0.2, 0.25) is 0 Å². The summed E-state index contributed by atoms with van der Waals surface area (Å²) in [5.74, 6) is 0.241. The lowest BCUT2D eigenvalue weighted by Crippen LogP contribution is -2.43. The summed E-state index contributed by atoms with van der Waals surface area (Å²) in [5, 5.41) is 20.7. The number of pyridine rings is 1. The first-order chi connectivity index (χ1) is 22.8. The van der Waals surface area contributed by atoms with Crippen molar-refractivity contribution in [1.29, 1.82) is 0 Å². The number of phenols is 1. The van der Waals surface area contributed by atoms with Gasteiger partial charge in [-0.2, -0.15) is 9.97 Å². The van der Waals surface area contributed by atoms with Crippen LogP contribution in [0.2, 0.25) is 0 Å². The monoisotopic (exact) mass is 641 g/mol. The van der Waals surface area contributed by atoms with E-state index in [-0.39, 0.29) is 64.3 Å². The van der Waals surface area contributed by atoms with Crippen molar-refractivity contribution in [3.63, 3.8) is 0 Å². The van der Waals surface area contributed by atoms with Gasteiger partial charge in [0.1, 0.15) is 41.8 Å². The summed E-state index contributed by atoms with van der Waals surface area (Å²) in [7, 11) is 0. The van der Waals surface area contributed by atoms with E-state index in [0.717, 1.165) is 32.2 Å². The van der Waals surface area contributed by atoms with E-state index in [1.807, 2.05) is 0 Å². The lowest BCUT2D eigenvalue weighted by atomic mass is 9.94. The first kappa shape index (κ1) is 30.8. The van der Waals surface area contributed by atoms with Crippen molar-refractivity contribution in [1.82, 2.24) is 19.9 Å². The van der Waals surface area contributed by atoms with Gasteiger partial charge in [-0.1, -0.05) is 24.1 Å². The van der Waals surface area contributed by atoms with Gasteiger partial charge < -0.3 is 24.6 Å². The smallest absolute Gasteiger partial charge is 0.329 e. The minimum Gasteiger partial charge on any atom is -0.508 e. The van der Waals surface area contributed by atoms with E-state index in [2.05, 4.69) is 37.8 Å². The molecule has 2 saturated heterocycles. The summed E-state index contributed by atoms with van der Waals surface area (Å²) < 4.78 is 43.5. The van der Waals surface area contributed by atoms with Gasteiger partial charge in [0.25, 0.3) is 0 Å². The van der Waals surface area contributed by atoms with Crippen molar-refractivity contribution in [2.45, 2.75) is 43.7 Å². The number of carbonyl (C=O) groups is 1. The Bertz CT molecular complexity index is 1950. The molecule has 0 amide bonds. The SMILES string of the molecule is C#Cc1c(F)ccc2cc(O)cc(-c3ncc4c(N5CCC=CCC5)nc(OC[C@@]56CCCN5C[C@H](OCC(=O)O)C6)nc4c3F)c12. The summed E-state index contributed by atoms with van der Waals surface area (Å²) >= 11 is 0. The minimum absolute atomic E-state index is 0.00647. The average Bonchev–Trinajstić information content (AvgIpc) is 3.47. The molecule has 7 rings (SSSR count). The molecule has 12 heteroatoms. The highest BCUT2D eigenvalue weighted by atomic mass is 19.1. The van der Waals surface area contributed by atoms with Crippen LogP contribution in [0.25, 0.3) is 32.9 Å². The number of fused-ring (bicyclic) bond motifs is 3. The molecule has 3 aliphatic heterocycles. The number of aromatic nitrogens is 3. The number of halogens is 2. The van der Waals surface area contributed by atoms with Crippen LogP contribution in [0.4, 0.5) is 14.6 Å². The molecule has 2 aromatic carbocycles. The van der Waals surface area contributed by atoms with E-state index in [1.165, 1.54) is 30.5 Å². The third-order valence-corrected chi connectivity index (χ3v) is 9.38. The molecule has 0 saturated carbocycles. The average molecular weight is 642 g/mol. The number of aliphatic carboxylic acids is 1. The number of carboxylic acids is 1. The Morgan fingerprint density at radius 1 is 1.15 bits per heavy atom. The predicted molar refractivity (Wildman–Crippen MR) is 171 cm³/mol. The van der Waals surface area contributed by atoms with E-state index in [9.17, 15) is 14.3 Å². The zero-order chi connectivity index (χ0) is 32.7. The second kappa shape index (κ2) is 12.4. The fraction of sp³-hybridized carbons (Fsp3) is 0.371. The lowest BCUT2D eigenvalue weighted by molar-refractivity contribution is -0.144. The molecule has 5 heterocycles. The summed E-state index contributed by atoms with van der Waals surface area (Å²) in [6.07, 6.45) is 15.1. The fourth-order valence-electron chi connectivity index (χ4n) is 7.25. The molecule has 4 aromatic rings. The van der Waals surface area contributed by atoms with Gasteiger partial charge in [-0.25, -0.2) is 13.6 Å². The molecule has 242 valence electrons. The zero-order valence-corrected chi connectivity index (χ0v) is 25.6. The number of anilines is 1. The van der Waals surface area contributed by atoms with Gasteiger partial charge in [-0.05, 0) is 62.2 Å². The molecule has 0 aliphatic carbocycles. The normalized spacial score (nSPS) is 21.2. The number of hydrogen-bond acceptors (Lipinski definition) is 9. The summed E-state index contributed by atoms with van der Waals surface area (Å²) in [6.45, 7) is 2.58. The maximum absolute atomic E-state index is 16.8. The molecule has 10 nitrogen and oxygen atoms in total. The molecule has 2 aromatic heterocycles. The van der Waals surface area contributed by atoms with E-state index in [1.54, 1.807) is 0 Å². The van der Waals surface area contributed by atoms with Gasteiger partial charge in [0.05, 0.1) is 22.6 Å². The molecular formula is C35H33F2N5O5. The van der Waals surface area contributed by atoms with Crippen LogP contribution in [0, 0.1) is 24.0 Å². The van der Waals surface area contributed by atoms with Crippen LogP contribution in [0.15, 0.2) is 42.6 Å². The number of nitrogens with zero attached hydrogens (tertiary/aromatic N) is 5. The van der Waals surface area contributed by atoms with Crippen molar-refractivity contribution in [3.8, 4) is 35.4 Å².